The molecule has 0 aliphatic carbocycles. The van der Waals surface area contributed by atoms with Crippen molar-refractivity contribution in [3.63, 3.8) is 0 Å². The Balaban J connectivity index is 1.62. The van der Waals surface area contributed by atoms with E-state index in [2.05, 4.69) is 32.6 Å². The van der Waals surface area contributed by atoms with Crippen molar-refractivity contribution in [2.75, 3.05) is 21.1 Å². The zero-order valence-corrected chi connectivity index (χ0v) is 20.0. The van der Waals surface area contributed by atoms with E-state index in [1.807, 2.05) is 51.2 Å². The summed E-state index contributed by atoms with van der Waals surface area (Å²) in [5.41, 5.74) is 4.83. The third-order valence-electron chi connectivity index (χ3n) is 5.66. The first-order valence-corrected chi connectivity index (χ1v) is 11.0. The Morgan fingerprint density at radius 2 is 1.74 bits per heavy atom. The second-order valence-corrected chi connectivity index (χ2v) is 8.85. The number of benzene rings is 1. The SMILES string of the molecule is CNCc1ccc(-c2cc(-c3cncc(-c4ccnc(C(C)(C)C(=O)N(C)C)c4)n3)on2)cc1. The third kappa shape index (κ3) is 4.72. The molecule has 1 amide bonds. The van der Waals surface area contributed by atoms with E-state index in [1.165, 1.54) is 5.56 Å². The number of rotatable bonds is 7. The van der Waals surface area contributed by atoms with Crippen LogP contribution in [0.2, 0.25) is 0 Å². The molecule has 0 aliphatic rings. The van der Waals surface area contributed by atoms with E-state index >= 15 is 0 Å². The van der Waals surface area contributed by atoms with E-state index < -0.39 is 5.41 Å². The van der Waals surface area contributed by atoms with Crippen molar-refractivity contribution in [2.24, 2.45) is 0 Å². The maximum absolute atomic E-state index is 12.7. The molecule has 0 saturated carbocycles. The van der Waals surface area contributed by atoms with Gasteiger partial charge in [0.05, 0.1) is 29.2 Å². The molecule has 0 aliphatic heterocycles. The van der Waals surface area contributed by atoms with Crippen LogP contribution in [0.4, 0.5) is 0 Å². The summed E-state index contributed by atoms with van der Waals surface area (Å²) in [6.07, 6.45) is 5.01. The maximum Gasteiger partial charge on any atom is 0.233 e. The Kier molecular flexibility index (Phi) is 6.51. The summed E-state index contributed by atoms with van der Waals surface area (Å²) in [4.78, 5) is 27.8. The average Bonchev–Trinajstić information content (AvgIpc) is 3.35. The fourth-order valence-corrected chi connectivity index (χ4v) is 3.75. The molecule has 174 valence electrons. The number of aromatic nitrogens is 4. The fourth-order valence-electron chi connectivity index (χ4n) is 3.75. The van der Waals surface area contributed by atoms with E-state index in [1.54, 1.807) is 37.6 Å². The van der Waals surface area contributed by atoms with Crippen molar-refractivity contribution < 1.29 is 9.32 Å². The molecule has 0 unspecified atom stereocenters. The molecule has 0 radical (unpaired) electrons. The molecule has 1 aromatic carbocycles. The summed E-state index contributed by atoms with van der Waals surface area (Å²) in [5, 5.41) is 7.35. The van der Waals surface area contributed by atoms with Gasteiger partial charge in [-0.25, -0.2) is 4.98 Å². The zero-order valence-electron chi connectivity index (χ0n) is 20.0. The lowest BCUT2D eigenvalue weighted by Gasteiger charge is -2.26. The number of hydrogen-bond donors (Lipinski definition) is 1. The predicted molar refractivity (Wildman–Crippen MR) is 131 cm³/mol. The van der Waals surface area contributed by atoms with Crippen molar-refractivity contribution in [1.82, 2.24) is 30.3 Å². The lowest BCUT2D eigenvalue weighted by Crippen LogP contribution is -2.39. The quantitative estimate of drug-likeness (QED) is 0.450. The second kappa shape index (κ2) is 9.52. The van der Waals surface area contributed by atoms with Gasteiger partial charge in [0.1, 0.15) is 11.4 Å². The Morgan fingerprint density at radius 1 is 1.00 bits per heavy atom. The fraction of sp³-hybridized carbons (Fsp3) is 0.269. The van der Waals surface area contributed by atoms with Crippen molar-refractivity contribution >= 4 is 5.91 Å². The smallest absolute Gasteiger partial charge is 0.233 e. The highest BCUT2D eigenvalue weighted by atomic mass is 16.5. The first-order valence-electron chi connectivity index (χ1n) is 11.0. The molecule has 0 bridgehead atoms. The van der Waals surface area contributed by atoms with E-state index in [0.717, 1.165) is 23.4 Å². The number of carbonyl (C=O) groups excluding carboxylic acids is 1. The highest BCUT2D eigenvalue weighted by Gasteiger charge is 2.33. The predicted octanol–water partition coefficient (Wildman–Crippen LogP) is 3.95. The topological polar surface area (TPSA) is 97.0 Å². The molecule has 34 heavy (non-hydrogen) atoms. The molecule has 0 fully saturated rings. The van der Waals surface area contributed by atoms with E-state index in [9.17, 15) is 4.79 Å². The van der Waals surface area contributed by atoms with Gasteiger partial charge >= 0.3 is 0 Å². The van der Waals surface area contributed by atoms with Gasteiger partial charge in [-0.05, 0) is 38.6 Å². The van der Waals surface area contributed by atoms with Crippen LogP contribution in [-0.4, -0.2) is 52.1 Å². The number of carbonyl (C=O) groups is 1. The Labute approximate surface area is 199 Å². The zero-order chi connectivity index (χ0) is 24.3. The van der Waals surface area contributed by atoms with E-state index in [-0.39, 0.29) is 5.91 Å². The largest absolute Gasteiger partial charge is 0.354 e. The van der Waals surface area contributed by atoms with Crippen LogP contribution in [0.5, 0.6) is 0 Å². The monoisotopic (exact) mass is 456 g/mol. The van der Waals surface area contributed by atoms with Crippen LogP contribution >= 0.6 is 0 Å². The second-order valence-electron chi connectivity index (χ2n) is 8.85. The molecule has 0 atom stereocenters. The van der Waals surface area contributed by atoms with Crippen molar-refractivity contribution in [1.29, 1.82) is 0 Å². The van der Waals surface area contributed by atoms with Crippen LogP contribution in [0.3, 0.4) is 0 Å². The van der Waals surface area contributed by atoms with Gasteiger partial charge in [0.15, 0.2) is 5.76 Å². The van der Waals surface area contributed by atoms with Crippen molar-refractivity contribution in [3.05, 3.63) is 72.3 Å². The first kappa shape index (κ1) is 23.3. The molecule has 3 aromatic heterocycles. The Hall–Kier alpha value is -3.91. The lowest BCUT2D eigenvalue weighted by atomic mass is 9.86. The third-order valence-corrected chi connectivity index (χ3v) is 5.66. The van der Waals surface area contributed by atoms with Crippen molar-refractivity contribution in [3.8, 4) is 34.0 Å². The van der Waals surface area contributed by atoms with Gasteiger partial charge in [-0.2, -0.15) is 0 Å². The maximum atomic E-state index is 12.7. The summed E-state index contributed by atoms with van der Waals surface area (Å²) in [5.74, 6) is 0.506. The highest BCUT2D eigenvalue weighted by Crippen LogP contribution is 2.29. The average molecular weight is 457 g/mol. The normalized spacial score (nSPS) is 11.4. The number of nitrogens with one attached hydrogen (secondary N) is 1. The van der Waals surface area contributed by atoms with Gasteiger partial charge in [0.2, 0.25) is 5.91 Å². The number of nitrogens with zero attached hydrogens (tertiary/aromatic N) is 5. The van der Waals surface area contributed by atoms with E-state index in [0.29, 0.717) is 22.8 Å². The van der Waals surface area contributed by atoms with Crippen LogP contribution in [-0.2, 0) is 16.8 Å². The molecular formula is C26H28N6O2. The van der Waals surface area contributed by atoms with Crippen LogP contribution in [0, 0.1) is 0 Å². The van der Waals surface area contributed by atoms with Crippen LogP contribution in [0.25, 0.3) is 34.0 Å². The first-order chi connectivity index (χ1) is 16.3. The minimum absolute atomic E-state index is 0.0230. The Bertz CT molecular complexity index is 1290. The van der Waals surface area contributed by atoms with Gasteiger partial charge in [-0.15, -0.1) is 0 Å². The molecule has 1 N–H and O–H groups in total. The molecule has 3 heterocycles. The molecule has 8 heteroatoms. The molecular weight excluding hydrogens is 428 g/mol. The van der Waals surface area contributed by atoms with Crippen molar-refractivity contribution in [2.45, 2.75) is 25.8 Å². The lowest BCUT2D eigenvalue weighted by molar-refractivity contribution is -0.133. The minimum Gasteiger partial charge on any atom is -0.354 e. The minimum atomic E-state index is -0.771. The number of likely N-dealkylation sites (N-methyl/N-ethyl adjacent to an activating group) is 1. The summed E-state index contributed by atoms with van der Waals surface area (Å²) >= 11 is 0. The highest BCUT2D eigenvalue weighted by molar-refractivity contribution is 5.86. The van der Waals surface area contributed by atoms with Gasteiger partial charge in [-0.1, -0.05) is 29.4 Å². The van der Waals surface area contributed by atoms with Gasteiger partial charge in [0, 0.05) is 44.0 Å². The molecule has 4 rings (SSSR count). The summed E-state index contributed by atoms with van der Waals surface area (Å²) < 4.78 is 5.58. The summed E-state index contributed by atoms with van der Waals surface area (Å²) in [7, 11) is 5.40. The van der Waals surface area contributed by atoms with E-state index in [4.69, 9.17) is 9.51 Å². The van der Waals surface area contributed by atoms with Gasteiger partial charge in [-0.3, -0.25) is 14.8 Å². The van der Waals surface area contributed by atoms with Crippen LogP contribution in [0.15, 0.2) is 65.6 Å². The van der Waals surface area contributed by atoms with Crippen LogP contribution < -0.4 is 5.32 Å². The van der Waals surface area contributed by atoms with Crippen LogP contribution in [0.1, 0.15) is 25.1 Å². The molecule has 8 nitrogen and oxygen atoms in total. The molecule has 0 spiro atoms. The van der Waals surface area contributed by atoms with Gasteiger partial charge in [0.25, 0.3) is 0 Å². The van der Waals surface area contributed by atoms with Gasteiger partial charge < -0.3 is 14.7 Å². The summed E-state index contributed by atoms with van der Waals surface area (Å²) in [6.45, 7) is 4.54. The molecule has 0 saturated heterocycles. The summed E-state index contributed by atoms with van der Waals surface area (Å²) in [6, 6.07) is 13.8. The number of pyridine rings is 1. The molecule has 4 aromatic rings. The number of amides is 1. The standard InChI is InChI=1S/C26H28N6O2/c1-26(2,25(33)32(4)5)24-12-19(10-11-29-24)21-15-28-16-22(30-21)23-13-20(31-34-23)18-8-6-17(7-9-18)14-27-3/h6-13,15-16,27H,14H2,1-5H3. The Morgan fingerprint density at radius 3 is 2.44 bits per heavy atom. The number of hydrogen-bond acceptors (Lipinski definition) is 7.